The molecule has 0 radical (unpaired) electrons. The molecule has 3 heterocycles. The highest BCUT2D eigenvalue weighted by atomic mass is 35.5. The minimum absolute atomic E-state index is 0.0778. The lowest BCUT2D eigenvalue weighted by Crippen LogP contribution is -2.42. The van der Waals surface area contributed by atoms with E-state index >= 15 is 4.39 Å². The second-order valence-electron chi connectivity index (χ2n) is 4.98. The van der Waals surface area contributed by atoms with Crippen LogP contribution in [0.25, 0.3) is 11.2 Å². The largest absolute Gasteiger partial charge is 0.394 e. The molecule has 8 nitrogen and oxygen atoms in total. The van der Waals surface area contributed by atoms with Crippen molar-refractivity contribution in [3.05, 3.63) is 11.6 Å². The van der Waals surface area contributed by atoms with Gasteiger partial charge in [0.2, 0.25) is 11.0 Å². The number of aliphatic hydroxyl groups is 2. The number of rotatable bonds is 3. The number of fused-ring (bicyclic) bond motifs is 1. The molecule has 2 aromatic rings. The second-order valence-corrected chi connectivity index (χ2v) is 5.32. The van der Waals surface area contributed by atoms with Crippen LogP contribution in [0.4, 0.5) is 10.2 Å². The van der Waals surface area contributed by atoms with Crippen molar-refractivity contribution in [2.75, 3.05) is 19.0 Å². The number of alkyl halides is 1. The van der Waals surface area contributed by atoms with E-state index in [1.165, 1.54) is 10.9 Å². The Kier molecular flexibility index (Phi) is 3.85. The molecule has 0 saturated carbocycles. The summed E-state index contributed by atoms with van der Waals surface area (Å²) in [5, 5.41) is 21.9. The Balaban J connectivity index is 2.17. The maximum absolute atomic E-state index is 15.0. The zero-order valence-electron chi connectivity index (χ0n) is 11.9. The average molecular weight is 342 g/mol. The van der Waals surface area contributed by atoms with Crippen LogP contribution in [-0.2, 0) is 4.74 Å². The number of hydrogen-bond donors (Lipinski definition) is 3. The van der Waals surface area contributed by atoms with Crippen molar-refractivity contribution in [1.29, 1.82) is 0 Å². The van der Waals surface area contributed by atoms with Gasteiger partial charge in [0.05, 0.1) is 12.9 Å². The van der Waals surface area contributed by atoms with Gasteiger partial charge in [0.15, 0.2) is 23.2 Å². The highest BCUT2D eigenvalue weighted by Crippen LogP contribution is 2.42. The van der Waals surface area contributed by atoms with Gasteiger partial charge in [-0.3, -0.25) is 4.57 Å². The van der Waals surface area contributed by atoms with Crippen molar-refractivity contribution in [3.63, 3.8) is 0 Å². The first kappa shape index (κ1) is 15.9. The monoisotopic (exact) mass is 341 g/mol. The van der Waals surface area contributed by atoms with E-state index in [0.29, 0.717) is 11.3 Å². The fourth-order valence-electron chi connectivity index (χ4n) is 2.56. The second kappa shape index (κ2) is 5.58. The SMILES string of the molecule is C#C[C@@]1(F)[C@H](O)[C@@H](CO)O[C@H]1n1cnc2c(NC)nc(Cl)nc21. The fraction of sp³-hybridized carbons (Fsp3) is 0.462. The van der Waals surface area contributed by atoms with Crippen LogP contribution >= 0.6 is 11.6 Å². The Bertz CT molecular complexity index is 794. The highest BCUT2D eigenvalue weighted by Gasteiger charge is 2.57. The third kappa shape index (κ3) is 2.22. The molecule has 122 valence electrons. The van der Waals surface area contributed by atoms with E-state index in [9.17, 15) is 10.2 Å². The summed E-state index contributed by atoms with van der Waals surface area (Å²) >= 11 is 5.86. The summed E-state index contributed by atoms with van der Waals surface area (Å²) in [6.45, 7) is -0.588. The van der Waals surface area contributed by atoms with E-state index in [1.807, 2.05) is 5.92 Å². The van der Waals surface area contributed by atoms with Gasteiger partial charge in [-0.2, -0.15) is 9.97 Å². The molecule has 1 fully saturated rings. The molecule has 0 amide bonds. The smallest absolute Gasteiger partial charge is 0.243 e. The van der Waals surface area contributed by atoms with Gasteiger partial charge >= 0.3 is 0 Å². The summed E-state index contributed by atoms with van der Waals surface area (Å²) < 4.78 is 21.6. The molecule has 0 aliphatic carbocycles. The topological polar surface area (TPSA) is 105 Å². The van der Waals surface area contributed by atoms with Crippen molar-refractivity contribution >= 4 is 28.6 Å². The van der Waals surface area contributed by atoms with Gasteiger partial charge < -0.3 is 20.3 Å². The van der Waals surface area contributed by atoms with Crippen LogP contribution in [0.5, 0.6) is 0 Å². The molecule has 1 saturated heterocycles. The summed E-state index contributed by atoms with van der Waals surface area (Å²) in [5.74, 6) is 2.26. The third-order valence-electron chi connectivity index (χ3n) is 3.73. The van der Waals surface area contributed by atoms with Crippen LogP contribution in [0, 0.1) is 12.3 Å². The Hall–Kier alpha value is -1.99. The number of ether oxygens (including phenoxy) is 1. The number of imidazole rings is 1. The standard InChI is InChI=1S/C13H13ClFN5O3/c1-3-13(15)8(22)6(4-21)23-11(13)20-5-17-7-9(16-2)18-12(14)19-10(7)20/h1,5-6,8,11,21-22H,4H2,2H3,(H,16,18,19)/t6-,8-,11-,13-/m1/s1. The van der Waals surface area contributed by atoms with Gasteiger partial charge in [-0.15, -0.1) is 6.42 Å². The van der Waals surface area contributed by atoms with Crippen molar-refractivity contribution < 1.29 is 19.3 Å². The zero-order chi connectivity index (χ0) is 16.8. The lowest BCUT2D eigenvalue weighted by molar-refractivity contribution is -0.0504. The van der Waals surface area contributed by atoms with Crippen molar-refractivity contribution in [2.24, 2.45) is 0 Å². The molecule has 0 unspecified atom stereocenters. The summed E-state index contributed by atoms with van der Waals surface area (Å²) in [7, 11) is 1.62. The Morgan fingerprint density at radius 2 is 2.35 bits per heavy atom. The molecule has 23 heavy (non-hydrogen) atoms. The zero-order valence-corrected chi connectivity index (χ0v) is 12.7. The van der Waals surface area contributed by atoms with E-state index in [0.717, 1.165) is 0 Å². The molecule has 3 rings (SSSR count). The molecule has 0 bridgehead atoms. The molecule has 10 heteroatoms. The number of halogens is 2. The molecular weight excluding hydrogens is 329 g/mol. The van der Waals surface area contributed by atoms with Gasteiger partial charge in [0.25, 0.3) is 0 Å². The average Bonchev–Trinajstić information content (AvgIpc) is 3.07. The Morgan fingerprint density at radius 3 is 2.96 bits per heavy atom. The van der Waals surface area contributed by atoms with Crippen LogP contribution in [0.3, 0.4) is 0 Å². The van der Waals surface area contributed by atoms with Crippen LogP contribution < -0.4 is 5.32 Å². The minimum atomic E-state index is -2.56. The predicted molar refractivity (Wildman–Crippen MR) is 79.6 cm³/mol. The van der Waals surface area contributed by atoms with E-state index in [1.54, 1.807) is 7.05 Å². The highest BCUT2D eigenvalue weighted by molar-refractivity contribution is 6.28. The molecule has 0 spiro atoms. The van der Waals surface area contributed by atoms with Gasteiger partial charge in [-0.25, -0.2) is 9.37 Å². The van der Waals surface area contributed by atoms with Gasteiger partial charge in [0, 0.05) is 7.05 Å². The molecule has 0 aromatic carbocycles. The molecule has 2 aromatic heterocycles. The normalized spacial score (nSPS) is 30.5. The number of hydrogen-bond acceptors (Lipinski definition) is 7. The maximum Gasteiger partial charge on any atom is 0.243 e. The molecule has 3 N–H and O–H groups in total. The number of nitrogens with one attached hydrogen (secondary N) is 1. The van der Waals surface area contributed by atoms with Crippen LogP contribution in [0.15, 0.2) is 6.33 Å². The van der Waals surface area contributed by atoms with E-state index < -0.39 is 30.7 Å². The van der Waals surface area contributed by atoms with Crippen LogP contribution in [0.1, 0.15) is 6.23 Å². The minimum Gasteiger partial charge on any atom is -0.394 e. The van der Waals surface area contributed by atoms with E-state index in [-0.39, 0.29) is 10.9 Å². The Labute approximate surface area is 135 Å². The summed E-state index contributed by atoms with van der Waals surface area (Å²) in [4.78, 5) is 12.1. The summed E-state index contributed by atoms with van der Waals surface area (Å²) in [6.07, 6.45) is 2.24. The molecule has 4 atom stereocenters. The molecular formula is C13H13ClFN5O3. The lowest BCUT2D eigenvalue weighted by Gasteiger charge is -2.23. The summed E-state index contributed by atoms with van der Waals surface area (Å²) in [5.41, 5.74) is -2.04. The molecule has 1 aliphatic heterocycles. The number of aliphatic hydroxyl groups excluding tert-OH is 2. The van der Waals surface area contributed by atoms with Crippen molar-refractivity contribution in [3.8, 4) is 12.3 Å². The number of terminal acetylenes is 1. The van der Waals surface area contributed by atoms with E-state index in [2.05, 4.69) is 20.3 Å². The Morgan fingerprint density at radius 1 is 1.61 bits per heavy atom. The number of anilines is 1. The first-order valence-corrected chi connectivity index (χ1v) is 7.03. The summed E-state index contributed by atoms with van der Waals surface area (Å²) in [6, 6.07) is 0. The van der Waals surface area contributed by atoms with Gasteiger partial charge in [-0.1, -0.05) is 5.92 Å². The predicted octanol–water partition coefficient (Wildman–Crippen LogP) is 0.113. The third-order valence-corrected chi connectivity index (χ3v) is 3.90. The quantitative estimate of drug-likeness (QED) is 0.537. The lowest BCUT2D eigenvalue weighted by atomic mass is 9.97. The maximum atomic E-state index is 15.0. The van der Waals surface area contributed by atoms with Gasteiger partial charge in [0.1, 0.15) is 12.2 Å². The number of aromatic nitrogens is 4. The van der Waals surface area contributed by atoms with Crippen LogP contribution in [0.2, 0.25) is 5.28 Å². The van der Waals surface area contributed by atoms with Gasteiger partial charge in [-0.05, 0) is 11.6 Å². The number of nitrogens with zero attached hydrogens (tertiary/aromatic N) is 4. The fourth-order valence-corrected chi connectivity index (χ4v) is 2.72. The van der Waals surface area contributed by atoms with E-state index in [4.69, 9.17) is 22.8 Å². The van der Waals surface area contributed by atoms with Crippen molar-refractivity contribution in [2.45, 2.75) is 24.1 Å². The van der Waals surface area contributed by atoms with Crippen LogP contribution in [-0.4, -0.2) is 61.3 Å². The first-order valence-electron chi connectivity index (χ1n) is 6.65. The molecule has 1 aliphatic rings. The van der Waals surface area contributed by atoms with Crippen molar-refractivity contribution in [1.82, 2.24) is 19.5 Å². The first-order chi connectivity index (χ1) is 11.0.